The highest BCUT2D eigenvalue weighted by atomic mass is 32.2. The minimum absolute atomic E-state index is 0.101. The quantitative estimate of drug-likeness (QED) is 0.847. The van der Waals surface area contributed by atoms with Gasteiger partial charge in [-0.2, -0.15) is 5.26 Å². The first kappa shape index (κ1) is 14.0. The largest absolute Gasteiger partial charge is 0.398 e. The van der Waals surface area contributed by atoms with E-state index in [0.717, 1.165) is 15.5 Å². The minimum atomic E-state index is -0.101. The van der Waals surface area contributed by atoms with Gasteiger partial charge < -0.3 is 11.1 Å². The van der Waals surface area contributed by atoms with Gasteiger partial charge >= 0.3 is 0 Å². The number of nitrogens with two attached hydrogens (primary N) is 1. The number of hydrogen-bond acceptors (Lipinski definition) is 4. The first-order valence-electron chi connectivity index (χ1n) is 5.93. The fraction of sp³-hybridized carbons (Fsp3) is 0.0667. The number of amides is 1. The van der Waals surface area contributed by atoms with E-state index >= 15 is 0 Å². The van der Waals surface area contributed by atoms with Crippen LogP contribution in [0.3, 0.4) is 0 Å². The summed E-state index contributed by atoms with van der Waals surface area (Å²) in [6, 6.07) is 14.7. The van der Waals surface area contributed by atoms with Crippen LogP contribution in [0.2, 0.25) is 0 Å². The Hall–Kier alpha value is -2.45. The van der Waals surface area contributed by atoms with Gasteiger partial charge in [-0.05, 0) is 42.5 Å². The molecular weight excluding hydrogens is 270 g/mol. The molecule has 0 saturated heterocycles. The average molecular weight is 283 g/mol. The predicted octanol–water partition coefficient (Wildman–Crippen LogP) is 3.25. The van der Waals surface area contributed by atoms with Gasteiger partial charge in [0, 0.05) is 28.1 Å². The van der Waals surface area contributed by atoms with E-state index in [0.29, 0.717) is 11.3 Å². The van der Waals surface area contributed by atoms with Gasteiger partial charge in [0.1, 0.15) is 0 Å². The van der Waals surface area contributed by atoms with E-state index in [2.05, 4.69) is 11.4 Å². The highest BCUT2D eigenvalue weighted by Gasteiger charge is 2.04. The van der Waals surface area contributed by atoms with Crippen LogP contribution in [-0.2, 0) is 4.79 Å². The van der Waals surface area contributed by atoms with Crippen LogP contribution < -0.4 is 11.1 Å². The fourth-order valence-electron chi connectivity index (χ4n) is 1.63. The van der Waals surface area contributed by atoms with Crippen molar-refractivity contribution in [3.63, 3.8) is 0 Å². The molecule has 0 radical (unpaired) electrons. The van der Waals surface area contributed by atoms with Gasteiger partial charge in [0.15, 0.2) is 0 Å². The molecular formula is C15H13N3OS. The van der Waals surface area contributed by atoms with Crippen LogP contribution >= 0.6 is 11.8 Å². The molecule has 0 spiro atoms. The second kappa shape index (κ2) is 6.13. The molecule has 1 amide bonds. The summed E-state index contributed by atoms with van der Waals surface area (Å²) in [6.45, 7) is 1.47. The predicted molar refractivity (Wildman–Crippen MR) is 80.4 cm³/mol. The molecule has 20 heavy (non-hydrogen) atoms. The molecule has 2 aromatic rings. The smallest absolute Gasteiger partial charge is 0.221 e. The van der Waals surface area contributed by atoms with Crippen molar-refractivity contribution < 1.29 is 4.79 Å². The Bertz CT molecular complexity index is 675. The van der Waals surface area contributed by atoms with E-state index in [-0.39, 0.29) is 5.91 Å². The Kier molecular flexibility index (Phi) is 4.28. The minimum Gasteiger partial charge on any atom is -0.398 e. The number of rotatable bonds is 3. The molecule has 3 N–H and O–H groups in total. The number of anilines is 2. The monoisotopic (exact) mass is 283 g/mol. The van der Waals surface area contributed by atoms with Crippen molar-refractivity contribution in [2.75, 3.05) is 11.1 Å². The standard InChI is InChI=1S/C15H13N3OS/c1-10(19)18-12-3-5-13(6-4-12)20-15-8-11(9-16)2-7-14(15)17/h2-8H,17H2,1H3,(H,18,19). The topological polar surface area (TPSA) is 78.9 Å². The Balaban J connectivity index is 2.18. The molecule has 0 aliphatic carbocycles. The average Bonchev–Trinajstić information content (AvgIpc) is 2.43. The van der Waals surface area contributed by atoms with E-state index in [1.807, 2.05) is 24.3 Å². The van der Waals surface area contributed by atoms with Crippen molar-refractivity contribution in [2.45, 2.75) is 16.7 Å². The summed E-state index contributed by atoms with van der Waals surface area (Å²) in [4.78, 5) is 12.8. The zero-order valence-corrected chi connectivity index (χ0v) is 11.7. The maximum absolute atomic E-state index is 10.9. The Labute approximate surface area is 121 Å². The normalized spacial score (nSPS) is 9.80. The van der Waals surface area contributed by atoms with Crippen LogP contribution in [0.4, 0.5) is 11.4 Å². The molecule has 2 rings (SSSR count). The number of nitrogens with one attached hydrogen (secondary N) is 1. The number of benzene rings is 2. The van der Waals surface area contributed by atoms with Gasteiger partial charge in [-0.3, -0.25) is 4.79 Å². The molecule has 2 aromatic carbocycles. The lowest BCUT2D eigenvalue weighted by atomic mass is 10.2. The van der Waals surface area contributed by atoms with Crippen molar-refractivity contribution >= 4 is 29.0 Å². The second-order valence-corrected chi connectivity index (χ2v) is 5.29. The van der Waals surface area contributed by atoms with Crippen LogP contribution in [0, 0.1) is 11.3 Å². The maximum Gasteiger partial charge on any atom is 0.221 e. The zero-order valence-electron chi connectivity index (χ0n) is 10.9. The molecule has 100 valence electrons. The van der Waals surface area contributed by atoms with Crippen LogP contribution in [0.25, 0.3) is 0 Å². The second-order valence-electron chi connectivity index (χ2n) is 4.17. The summed E-state index contributed by atoms with van der Waals surface area (Å²) < 4.78 is 0. The van der Waals surface area contributed by atoms with E-state index in [9.17, 15) is 4.79 Å². The molecule has 0 aliphatic heterocycles. The Morgan fingerprint density at radius 1 is 1.25 bits per heavy atom. The van der Waals surface area contributed by atoms with Crippen LogP contribution in [0.5, 0.6) is 0 Å². The van der Waals surface area contributed by atoms with Crippen LogP contribution in [0.1, 0.15) is 12.5 Å². The SMILES string of the molecule is CC(=O)Nc1ccc(Sc2cc(C#N)ccc2N)cc1. The molecule has 0 heterocycles. The molecule has 0 aromatic heterocycles. The van der Waals surface area contributed by atoms with Crippen molar-refractivity contribution in [2.24, 2.45) is 0 Å². The summed E-state index contributed by atoms with van der Waals surface area (Å²) in [6.07, 6.45) is 0. The van der Waals surface area contributed by atoms with Crippen molar-refractivity contribution in [3.05, 3.63) is 48.0 Å². The Morgan fingerprint density at radius 2 is 1.95 bits per heavy atom. The lowest BCUT2D eigenvalue weighted by Crippen LogP contribution is -2.05. The van der Waals surface area contributed by atoms with Gasteiger partial charge in [-0.15, -0.1) is 0 Å². The van der Waals surface area contributed by atoms with E-state index in [1.54, 1.807) is 18.2 Å². The third-order valence-electron chi connectivity index (χ3n) is 2.55. The van der Waals surface area contributed by atoms with Gasteiger partial charge in [-0.25, -0.2) is 0 Å². The first-order chi connectivity index (χ1) is 9.58. The molecule has 0 saturated carbocycles. The van der Waals surface area contributed by atoms with Gasteiger partial charge in [0.05, 0.1) is 11.6 Å². The molecule has 0 aliphatic rings. The van der Waals surface area contributed by atoms with Crippen molar-refractivity contribution in [1.82, 2.24) is 0 Å². The summed E-state index contributed by atoms with van der Waals surface area (Å²) in [5.74, 6) is -0.101. The highest BCUT2D eigenvalue weighted by molar-refractivity contribution is 7.99. The molecule has 0 bridgehead atoms. The number of nitrogen functional groups attached to an aromatic ring is 1. The van der Waals surface area contributed by atoms with Gasteiger partial charge in [0.25, 0.3) is 0 Å². The summed E-state index contributed by atoms with van der Waals surface area (Å²) in [5, 5.41) is 11.6. The third kappa shape index (κ3) is 3.53. The van der Waals surface area contributed by atoms with E-state index < -0.39 is 0 Å². The number of nitriles is 1. The molecule has 0 fully saturated rings. The lowest BCUT2D eigenvalue weighted by Gasteiger charge is -2.07. The first-order valence-corrected chi connectivity index (χ1v) is 6.75. The fourth-order valence-corrected chi connectivity index (χ4v) is 2.53. The number of hydrogen-bond donors (Lipinski definition) is 2. The van der Waals surface area contributed by atoms with Crippen LogP contribution in [-0.4, -0.2) is 5.91 Å². The van der Waals surface area contributed by atoms with Crippen molar-refractivity contribution in [3.8, 4) is 6.07 Å². The number of nitrogens with zero attached hydrogens (tertiary/aromatic N) is 1. The molecule has 4 nitrogen and oxygen atoms in total. The number of carbonyl (C=O) groups excluding carboxylic acids is 1. The summed E-state index contributed by atoms with van der Waals surface area (Å²) >= 11 is 1.48. The zero-order chi connectivity index (χ0) is 14.5. The highest BCUT2D eigenvalue weighted by Crippen LogP contribution is 2.33. The third-order valence-corrected chi connectivity index (χ3v) is 3.63. The lowest BCUT2D eigenvalue weighted by molar-refractivity contribution is -0.114. The van der Waals surface area contributed by atoms with Crippen molar-refractivity contribution in [1.29, 1.82) is 5.26 Å². The summed E-state index contributed by atoms with van der Waals surface area (Å²) in [7, 11) is 0. The summed E-state index contributed by atoms with van der Waals surface area (Å²) in [5.41, 5.74) is 7.87. The van der Waals surface area contributed by atoms with E-state index in [4.69, 9.17) is 11.0 Å². The number of carbonyl (C=O) groups is 1. The van der Waals surface area contributed by atoms with Gasteiger partial charge in [0.2, 0.25) is 5.91 Å². The van der Waals surface area contributed by atoms with Crippen LogP contribution in [0.15, 0.2) is 52.3 Å². The molecule has 5 heteroatoms. The maximum atomic E-state index is 10.9. The van der Waals surface area contributed by atoms with Gasteiger partial charge in [-0.1, -0.05) is 11.8 Å². The molecule has 0 unspecified atom stereocenters. The Morgan fingerprint density at radius 3 is 2.55 bits per heavy atom. The van der Waals surface area contributed by atoms with E-state index in [1.165, 1.54) is 18.7 Å². The molecule has 0 atom stereocenters.